The molecule has 0 aliphatic carbocycles. The number of phenolic OH excluding ortho intramolecular Hbond substituents is 2. The van der Waals surface area contributed by atoms with Crippen molar-refractivity contribution in [1.82, 2.24) is 0 Å². The van der Waals surface area contributed by atoms with Crippen molar-refractivity contribution in [3.8, 4) is 22.6 Å². The Morgan fingerprint density at radius 3 is 1.65 bits per heavy atom. The van der Waals surface area contributed by atoms with E-state index in [1.807, 2.05) is 24.3 Å². The van der Waals surface area contributed by atoms with Gasteiger partial charge < -0.3 is 20.0 Å². The molecule has 6 aromatic carbocycles. The van der Waals surface area contributed by atoms with Gasteiger partial charge in [-0.3, -0.25) is 5.04 Å². The van der Waals surface area contributed by atoms with E-state index in [0.29, 0.717) is 22.8 Å². The molecular weight excluding hydrogens is 678 g/mol. The Balaban J connectivity index is 0.00000260. The van der Waals surface area contributed by atoms with Gasteiger partial charge in [-0.05, 0) is 52.7 Å². The SMILES string of the molecule is O=S(=O)([O-])c1cc(N=Nc2c(O)ccc3ccccc23)ccc1-c1ccc(N=Nc2c(O)ccc3ccccc23)cc1SOO[O-].[Na+].[Na+]. The van der Waals surface area contributed by atoms with Crippen LogP contribution in [0, 0.1) is 0 Å². The molecule has 0 saturated heterocycles. The summed E-state index contributed by atoms with van der Waals surface area (Å²) in [7, 11) is -5.06. The summed E-state index contributed by atoms with van der Waals surface area (Å²) in [4.78, 5) is -0.458. The van der Waals surface area contributed by atoms with Crippen molar-refractivity contribution in [2.45, 2.75) is 9.79 Å². The third-order valence-electron chi connectivity index (χ3n) is 6.93. The number of rotatable bonds is 9. The average molecular weight is 699 g/mol. The Hall–Kier alpha value is -3.22. The Bertz CT molecular complexity index is 2290. The van der Waals surface area contributed by atoms with Gasteiger partial charge in [0.25, 0.3) is 0 Å². The van der Waals surface area contributed by atoms with Crippen molar-refractivity contribution in [3.05, 3.63) is 109 Å². The summed E-state index contributed by atoms with van der Waals surface area (Å²) in [6.45, 7) is 0. The fourth-order valence-corrected chi connectivity index (χ4v) is 6.08. The van der Waals surface area contributed by atoms with E-state index in [4.69, 9.17) is 0 Å². The smallest absolute Gasteiger partial charge is 0.744 e. The largest absolute Gasteiger partial charge is 1.00 e. The average Bonchev–Trinajstić information content (AvgIpc) is 3.06. The summed E-state index contributed by atoms with van der Waals surface area (Å²) in [5.74, 6) is -0.221. The maximum atomic E-state index is 12.4. The molecule has 0 amide bonds. The minimum atomic E-state index is -5.06. The van der Waals surface area contributed by atoms with Crippen molar-refractivity contribution in [2.24, 2.45) is 20.5 Å². The zero-order chi connectivity index (χ0) is 32.3. The van der Waals surface area contributed by atoms with Gasteiger partial charge in [0.15, 0.2) is 0 Å². The van der Waals surface area contributed by atoms with Crippen LogP contribution < -0.4 is 64.4 Å². The second-order valence-electron chi connectivity index (χ2n) is 9.74. The molecule has 0 atom stereocenters. The molecule has 12 nitrogen and oxygen atoms in total. The van der Waals surface area contributed by atoms with Crippen LogP contribution in [-0.4, -0.2) is 23.2 Å². The zero-order valence-corrected chi connectivity index (χ0v) is 31.0. The van der Waals surface area contributed by atoms with Crippen LogP contribution in [0.25, 0.3) is 32.7 Å². The van der Waals surface area contributed by atoms with Crippen LogP contribution in [0.4, 0.5) is 22.7 Å². The molecule has 6 rings (SSSR count). The van der Waals surface area contributed by atoms with Crippen molar-refractivity contribution in [1.29, 1.82) is 0 Å². The molecule has 0 aliphatic heterocycles. The monoisotopic (exact) mass is 698 g/mol. The van der Waals surface area contributed by atoms with E-state index in [2.05, 4.69) is 29.8 Å². The Morgan fingerprint density at radius 2 is 1.12 bits per heavy atom. The van der Waals surface area contributed by atoms with Crippen LogP contribution >= 0.6 is 12.0 Å². The topological polar surface area (TPSA) is 189 Å². The minimum Gasteiger partial charge on any atom is -0.744 e. The maximum absolute atomic E-state index is 12.4. The van der Waals surface area contributed by atoms with Gasteiger partial charge >= 0.3 is 59.1 Å². The van der Waals surface area contributed by atoms with Gasteiger partial charge in [-0.1, -0.05) is 72.8 Å². The first-order valence-corrected chi connectivity index (χ1v) is 15.5. The van der Waals surface area contributed by atoms with E-state index in [-0.39, 0.29) is 109 Å². The number of azo groups is 2. The number of nitrogens with zero attached hydrogens (tertiary/aromatic N) is 4. The molecule has 0 aromatic heterocycles. The second kappa shape index (κ2) is 16.5. The molecule has 0 bridgehead atoms. The first-order chi connectivity index (χ1) is 22.2. The number of phenols is 2. The zero-order valence-electron chi connectivity index (χ0n) is 25.3. The second-order valence-corrected chi connectivity index (χ2v) is 11.8. The van der Waals surface area contributed by atoms with Crippen molar-refractivity contribution in [2.75, 3.05) is 0 Å². The van der Waals surface area contributed by atoms with E-state index in [1.54, 1.807) is 36.4 Å². The molecule has 0 heterocycles. The summed E-state index contributed by atoms with van der Waals surface area (Å²) in [6, 6.07) is 29.2. The minimum absolute atomic E-state index is 0. The van der Waals surface area contributed by atoms with Crippen LogP contribution in [-0.2, 0) is 19.5 Å². The van der Waals surface area contributed by atoms with E-state index < -0.39 is 15.0 Å². The van der Waals surface area contributed by atoms with E-state index in [9.17, 15) is 28.4 Å². The van der Waals surface area contributed by atoms with E-state index >= 15 is 0 Å². The molecule has 48 heavy (non-hydrogen) atoms. The molecule has 0 spiro atoms. The maximum Gasteiger partial charge on any atom is 1.00 e. The number of hydrogen-bond acceptors (Lipinski definition) is 13. The number of hydrogen-bond donors (Lipinski definition) is 2. The van der Waals surface area contributed by atoms with Crippen LogP contribution in [0.1, 0.15) is 0 Å². The van der Waals surface area contributed by atoms with Gasteiger partial charge in [0.05, 0.1) is 28.3 Å². The molecule has 230 valence electrons. The molecule has 0 fully saturated rings. The fraction of sp³-hybridized carbons (Fsp3) is 0. The summed E-state index contributed by atoms with van der Waals surface area (Å²) in [5.41, 5.74) is 0.854. The van der Waals surface area contributed by atoms with E-state index in [0.717, 1.165) is 16.8 Å². The van der Waals surface area contributed by atoms with Crippen LogP contribution in [0.15, 0.2) is 139 Å². The van der Waals surface area contributed by atoms with E-state index in [1.165, 1.54) is 42.5 Å². The van der Waals surface area contributed by atoms with Crippen LogP contribution in [0.5, 0.6) is 11.5 Å². The molecule has 0 aliphatic rings. The molecule has 0 saturated carbocycles. The Morgan fingerprint density at radius 1 is 0.625 bits per heavy atom. The molecule has 16 heteroatoms. The number of benzene rings is 6. The molecular formula is C32H20N4Na2O8S2. The van der Waals surface area contributed by atoms with Gasteiger partial charge in [-0.2, -0.15) is 14.6 Å². The molecule has 0 unspecified atom stereocenters. The van der Waals surface area contributed by atoms with Gasteiger partial charge in [0, 0.05) is 21.2 Å². The predicted molar refractivity (Wildman–Crippen MR) is 167 cm³/mol. The first kappa shape index (κ1) is 37.6. The summed E-state index contributed by atoms with van der Waals surface area (Å²) < 4.78 is 41.8. The third-order valence-corrected chi connectivity index (χ3v) is 8.45. The number of fused-ring (bicyclic) bond motifs is 2. The Kier molecular flexibility index (Phi) is 12.9. The van der Waals surface area contributed by atoms with Gasteiger partial charge in [0.2, 0.25) is 0 Å². The molecule has 6 aromatic rings. The van der Waals surface area contributed by atoms with Crippen molar-refractivity contribution < 1.29 is 96.9 Å². The normalized spacial score (nSPS) is 11.6. The standard InChI is InChI=1S/C32H22N4O8S2.2Na/c37-27-15-9-19-5-1-3-7-23(19)31(27)35-33-21-11-13-25(29(17-21)45-44-43-39)26-14-12-22(18-30(26)46(40,41)42)34-36-32-24-8-4-2-6-20(24)10-16-28(32)38;;/h1-18,37-39H,(H,40,41,42);;/q;2*+1/p-2. The fourth-order valence-electron chi connectivity index (χ4n) is 4.83. The Labute approximate surface area is 322 Å². The third kappa shape index (κ3) is 8.31. The van der Waals surface area contributed by atoms with Gasteiger partial charge in [0.1, 0.15) is 33.0 Å². The summed E-state index contributed by atoms with van der Waals surface area (Å²) in [6.07, 6.45) is 0. The summed E-state index contributed by atoms with van der Waals surface area (Å²) >= 11 is 0.465. The first-order valence-electron chi connectivity index (χ1n) is 13.4. The molecule has 2 N–H and O–H groups in total. The molecule has 0 radical (unpaired) electrons. The number of aromatic hydroxyl groups is 2. The van der Waals surface area contributed by atoms with Crippen LogP contribution in [0.3, 0.4) is 0 Å². The van der Waals surface area contributed by atoms with Gasteiger partial charge in [-0.25, -0.2) is 8.42 Å². The van der Waals surface area contributed by atoms with Crippen molar-refractivity contribution >= 4 is 66.5 Å². The summed E-state index contributed by atoms with van der Waals surface area (Å²) in [5, 5.41) is 54.5. The quantitative estimate of drug-likeness (QED) is 0.0569. The van der Waals surface area contributed by atoms with Crippen LogP contribution in [0.2, 0.25) is 0 Å². The van der Waals surface area contributed by atoms with Crippen molar-refractivity contribution in [3.63, 3.8) is 0 Å². The predicted octanol–water partition coefficient (Wildman–Crippen LogP) is 2.04. The van der Waals surface area contributed by atoms with Gasteiger partial charge in [-0.15, -0.1) is 10.2 Å².